The van der Waals surface area contributed by atoms with Gasteiger partial charge in [0.1, 0.15) is 22.8 Å². The molecule has 0 atom stereocenters. The molecule has 4 aromatic rings. The normalized spacial score (nSPS) is 11.0. The molecule has 0 amide bonds. The highest BCUT2D eigenvalue weighted by molar-refractivity contribution is 6.07. The SMILES string of the molecule is COc1cc(OC)cc(-c2cc3c(ccc4ccccc43)o2)c1. The molecule has 1 heterocycles. The number of rotatable bonds is 3. The third-order valence-electron chi connectivity index (χ3n) is 4.06. The van der Waals surface area contributed by atoms with Crippen molar-refractivity contribution in [2.45, 2.75) is 0 Å². The number of fused-ring (bicyclic) bond motifs is 3. The lowest BCUT2D eigenvalue weighted by Crippen LogP contribution is -1.88. The lowest BCUT2D eigenvalue weighted by molar-refractivity contribution is 0.394. The van der Waals surface area contributed by atoms with Gasteiger partial charge in [0.15, 0.2) is 0 Å². The van der Waals surface area contributed by atoms with E-state index in [0.29, 0.717) is 0 Å². The van der Waals surface area contributed by atoms with Crippen molar-refractivity contribution in [2.24, 2.45) is 0 Å². The molecule has 3 aromatic carbocycles. The van der Waals surface area contributed by atoms with E-state index in [2.05, 4.69) is 24.3 Å². The van der Waals surface area contributed by atoms with E-state index < -0.39 is 0 Å². The Bertz CT molecular complexity index is 976. The maximum atomic E-state index is 6.05. The largest absolute Gasteiger partial charge is 0.497 e. The van der Waals surface area contributed by atoms with E-state index in [1.54, 1.807) is 14.2 Å². The number of furan rings is 1. The van der Waals surface area contributed by atoms with Crippen molar-refractivity contribution in [2.75, 3.05) is 14.2 Å². The van der Waals surface area contributed by atoms with Crippen molar-refractivity contribution in [1.82, 2.24) is 0 Å². The summed E-state index contributed by atoms with van der Waals surface area (Å²) in [7, 11) is 3.29. The first-order valence-corrected chi connectivity index (χ1v) is 7.43. The predicted octanol–water partition coefficient (Wildman–Crippen LogP) is 5.27. The van der Waals surface area contributed by atoms with E-state index in [1.165, 1.54) is 10.8 Å². The van der Waals surface area contributed by atoms with Gasteiger partial charge in [-0.1, -0.05) is 30.3 Å². The molecule has 23 heavy (non-hydrogen) atoms. The van der Waals surface area contributed by atoms with Gasteiger partial charge >= 0.3 is 0 Å². The Morgan fingerprint density at radius 2 is 1.48 bits per heavy atom. The number of methoxy groups -OCH3 is 2. The van der Waals surface area contributed by atoms with Crippen LogP contribution in [0.4, 0.5) is 0 Å². The number of benzene rings is 3. The van der Waals surface area contributed by atoms with Crippen molar-refractivity contribution in [3.05, 3.63) is 60.7 Å². The van der Waals surface area contributed by atoms with Crippen LogP contribution in [0.1, 0.15) is 0 Å². The third kappa shape index (κ3) is 2.30. The number of hydrogen-bond donors (Lipinski definition) is 0. The van der Waals surface area contributed by atoms with Gasteiger partial charge in [0, 0.05) is 17.0 Å². The highest BCUT2D eigenvalue weighted by atomic mass is 16.5. The van der Waals surface area contributed by atoms with Gasteiger partial charge in [0.2, 0.25) is 0 Å². The Balaban J connectivity index is 1.94. The molecule has 0 radical (unpaired) electrons. The molecular weight excluding hydrogens is 288 g/mol. The van der Waals surface area contributed by atoms with Gasteiger partial charge < -0.3 is 13.9 Å². The molecule has 0 fully saturated rings. The van der Waals surface area contributed by atoms with Crippen LogP contribution in [0.15, 0.2) is 65.1 Å². The van der Waals surface area contributed by atoms with Crippen molar-refractivity contribution in [3.8, 4) is 22.8 Å². The first-order chi connectivity index (χ1) is 11.3. The summed E-state index contributed by atoms with van der Waals surface area (Å²) in [6, 6.07) is 20.2. The van der Waals surface area contributed by atoms with Crippen molar-refractivity contribution in [3.63, 3.8) is 0 Å². The standard InChI is InChI=1S/C20H16O3/c1-21-15-9-14(10-16(11-15)22-2)20-12-18-17-6-4-3-5-13(17)7-8-19(18)23-20/h3-12H,1-2H3. The van der Waals surface area contributed by atoms with Crippen molar-refractivity contribution >= 4 is 21.7 Å². The third-order valence-corrected chi connectivity index (χ3v) is 4.06. The molecule has 0 saturated carbocycles. The van der Waals surface area contributed by atoms with E-state index in [4.69, 9.17) is 13.9 Å². The van der Waals surface area contributed by atoms with Crippen LogP contribution in [-0.4, -0.2) is 14.2 Å². The average molecular weight is 304 g/mol. The molecule has 0 aliphatic heterocycles. The quantitative estimate of drug-likeness (QED) is 0.516. The first-order valence-electron chi connectivity index (χ1n) is 7.43. The molecule has 3 nitrogen and oxygen atoms in total. The lowest BCUT2D eigenvalue weighted by Gasteiger charge is -2.06. The van der Waals surface area contributed by atoms with Crippen LogP contribution >= 0.6 is 0 Å². The summed E-state index contributed by atoms with van der Waals surface area (Å²) in [6.45, 7) is 0. The molecule has 0 aliphatic rings. The Morgan fingerprint density at radius 1 is 0.739 bits per heavy atom. The molecule has 0 saturated heterocycles. The summed E-state index contributed by atoms with van der Waals surface area (Å²) < 4.78 is 16.7. The highest BCUT2D eigenvalue weighted by Gasteiger charge is 2.11. The fraction of sp³-hybridized carbons (Fsp3) is 0.100. The summed E-state index contributed by atoms with van der Waals surface area (Å²) in [5.74, 6) is 2.28. The minimum absolute atomic E-state index is 0.740. The van der Waals surface area contributed by atoms with Gasteiger partial charge in [-0.3, -0.25) is 0 Å². The molecule has 0 bridgehead atoms. The maximum absolute atomic E-state index is 6.05. The first kappa shape index (κ1) is 13.7. The summed E-state index contributed by atoms with van der Waals surface area (Å²) in [6.07, 6.45) is 0. The molecule has 0 N–H and O–H groups in total. The molecule has 0 aliphatic carbocycles. The molecule has 3 heteroatoms. The Hall–Kier alpha value is -2.94. The van der Waals surface area contributed by atoms with Gasteiger partial charge in [0.05, 0.1) is 14.2 Å². The molecule has 4 rings (SSSR count). The van der Waals surface area contributed by atoms with Crippen LogP contribution in [0.25, 0.3) is 33.1 Å². The fourth-order valence-electron chi connectivity index (χ4n) is 2.88. The van der Waals surface area contributed by atoms with E-state index in [0.717, 1.165) is 33.8 Å². The summed E-state index contributed by atoms with van der Waals surface area (Å²) in [5.41, 5.74) is 1.81. The number of ether oxygens (including phenoxy) is 2. The van der Waals surface area contributed by atoms with E-state index in [9.17, 15) is 0 Å². The second-order valence-electron chi connectivity index (χ2n) is 5.41. The van der Waals surface area contributed by atoms with Gasteiger partial charge in [-0.05, 0) is 35.0 Å². The minimum atomic E-state index is 0.740. The minimum Gasteiger partial charge on any atom is -0.497 e. The van der Waals surface area contributed by atoms with Crippen LogP contribution < -0.4 is 9.47 Å². The lowest BCUT2D eigenvalue weighted by atomic mass is 10.1. The second kappa shape index (κ2) is 5.36. The van der Waals surface area contributed by atoms with Gasteiger partial charge in [-0.2, -0.15) is 0 Å². The van der Waals surface area contributed by atoms with Gasteiger partial charge in [-0.15, -0.1) is 0 Å². The Labute approximate surface area is 134 Å². The van der Waals surface area contributed by atoms with Crippen LogP contribution in [-0.2, 0) is 0 Å². The summed E-state index contributed by atoms with van der Waals surface area (Å²) in [4.78, 5) is 0. The van der Waals surface area contributed by atoms with Gasteiger partial charge in [-0.25, -0.2) is 0 Å². The summed E-state index contributed by atoms with van der Waals surface area (Å²) >= 11 is 0. The monoisotopic (exact) mass is 304 g/mol. The highest BCUT2D eigenvalue weighted by Crippen LogP contribution is 2.35. The second-order valence-corrected chi connectivity index (χ2v) is 5.41. The van der Waals surface area contributed by atoms with Crippen LogP contribution in [0.3, 0.4) is 0 Å². The van der Waals surface area contributed by atoms with Crippen LogP contribution in [0.2, 0.25) is 0 Å². The Kier molecular flexibility index (Phi) is 3.19. The Morgan fingerprint density at radius 3 is 2.22 bits per heavy atom. The van der Waals surface area contributed by atoms with Crippen molar-refractivity contribution < 1.29 is 13.9 Å². The van der Waals surface area contributed by atoms with Crippen molar-refractivity contribution in [1.29, 1.82) is 0 Å². The maximum Gasteiger partial charge on any atom is 0.135 e. The van der Waals surface area contributed by atoms with Crippen LogP contribution in [0.5, 0.6) is 11.5 Å². The number of hydrogen-bond acceptors (Lipinski definition) is 3. The molecular formula is C20H16O3. The average Bonchev–Trinajstić information content (AvgIpc) is 3.06. The molecule has 0 unspecified atom stereocenters. The van der Waals surface area contributed by atoms with E-state index in [1.807, 2.05) is 36.4 Å². The topological polar surface area (TPSA) is 31.6 Å². The molecule has 114 valence electrons. The summed E-state index contributed by atoms with van der Waals surface area (Å²) in [5, 5.41) is 3.50. The van der Waals surface area contributed by atoms with Gasteiger partial charge in [0.25, 0.3) is 0 Å². The zero-order valence-electron chi connectivity index (χ0n) is 13.0. The predicted molar refractivity (Wildman–Crippen MR) is 92.3 cm³/mol. The fourth-order valence-corrected chi connectivity index (χ4v) is 2.88. The molecule has 0 spiro atoms. The zero-order chi connectivity index (χ0) is 15.8. The van der Waals surface area contributed by atoms with E-state index >= 15 is 0 Å². The zero-order valence-corrected chi connectivity index (χ0v) is 13.0. The van der Waals surface area contributed by atoms with Crippen LogP contribution in [0, 0.1) is 0 Å². The van der Waals surface area contributed by atoms with E-state index in [-0.39, 0.29) is 0 Å². The molecule has 1 aromatic heterocycles. The smallest absolute Gasteiger partial charge is 0.135 e.